The molecule has 1 aliphatic carbocycles. The van der Waals surface area contributed by atoms with Crippen molar-refractivity contribution in [1.82, 2.24) is 0 Å². The van der Waals surface area contributed by atoms with Gasteiger partial charge in [-0.2, -0.15) is 5.26 Å². The maximum absolute atomic E-state index is 10.0. The van der Waals surface area contributed by atoms with Crippen LogP contribution in [0.5, 0.6) is 0 Å². The summed E-state index contributed by atoms with van der Waals surface area (Å²) >= 11 is 6.11. The summed E-state index contributed by atoms with van der Waals surface area (Å²) in [6.07, 6.45) is 4.08. The molecule has 0 saturated heterocycles. The van der Waals surface area contributed by atoms with E-state index in [2.05, 4.69) is 30.3 Å². The Morgan fingerprint density at radius 2 is 1.52 bits per heavy atom. The number of benzene rings is 2. The summed E-state index contributed by atoms with van der Waals surface area (Å²) in [5.74, 6) is -0.102. The summed E-state index contributed by atoms with van der Waals surface area (Å²) in [6, 6.07) is 22.7. The number of nitriles is 1. The molecular formula is C20H17ClN2. The lowest BCUT2D eigenvalue weighted by atomic mass is 9.66. The first-order valence-electron chi connectivity index (χ1n) is 7.51. The van der Waals surface area contributed by atoms with Crippen LogP contribution in [0.1, 0.15) is 23.5 Å². The van der Waals surface area contributed by atoms with Crippen molar-refractivity contribution in [3.8, 4) is 6.07 Å². The molecule has 1 unspecified atom stereocenters. The van der Waals surface area contributed by atoms with Crippen LogP contribution >= 0.6 is 11.6 Å². The smallest absolute Gasteiger partial charge is 0.0920 e. The Balaban J connectivity index is 2.17. The van der Waals surface area contributed by atoms with Gasteiger partial charge in [0.05, 0.1) is 16.5 Å². The summed E-state index contributed by atoms with van der Waals surface area (Å²) in [7, 11) is 0. The highest BCUT2D eigenvalue weighted by Crippen LogP contribution is 2.48. The van der Waals surface area contributed by atoms with Crippen LogP contribution in [0.3, 0.4) is 0 Å². The molecule has 2 nitrogen and oxygen atoms in total. The van der Waals surface area contributed by atoms with Crippen LogP contribution in [0, 0.1) is 16.7 Å². The fourth-order valence-electron chi connectivity index (χ4n) is 3.21. The van der Waals surface area contributed by atoms with Crippen LogP contribution in [0.25, 0.3) is 0 Å². The number of rotatable bonds is 3. The van der Waals surface area contributed by atoms with E-state index in [1.807, 2.05) is 42.5 Å². The van der Waals surface area contributed by atoms with Gasteiger partial charge in [-0.1, -0.05) is 78.3 Å². The van der Waals surface area contributed by atoms with Crippen LogP contribution in [-0.2, 0) is 0 Å². The lowest BCUT2D eigenvalue weighted by molar-refractivity contribution is 0.431. The number of hydrogen-bond acceptors (Lipinski definition) is 2. The molecule has 1 aliphatic rings. The molecule has 2 aromatic carbocycles. The van der Waals surface area contributed by atoms with Gasteiger partial charge in [0.2, 0.25) is 0 Å². The number of hydrogen-bond donors (Lipinski definition) is 1. The highest BCUT2D eigenvalue weighted by atomic mass is 35.5. The Kier molecular flexibility index (Phi) is 4.23. The Morgan fingerprint density at radius 1 is 1.00 bits per heavy atom. The van der Waals surface area contributed by atoms with Crippen molar-refractivity contribution in [1.29, 1.82) is 5.26 Å². The van der Waals surface area contributed by atoms with Gasteiger partial charge in [-0.15, -0.1) is 0 Å². The second-order valence-corrected chi connectivity index (χ2v) is 6.20. The number of nitrogens with zero attached hydrogens (tertiary/aromatic N) is 1. The molecule has 0 heterocycles. The van der Waals surface area contributed by atoms with Gasteiger partial charge < -0.3 is 5.73 Å². The fourth-order valence-corrected chi connectivity index (χ4v) is 3.34. The quantitative estimate of drug-likeness (QED) is 0.891. The average molecular weight is 321 g/mol. The van der Waals surface area contributed by atoms with E-state index in [1.54, 1.807) is 6.08 Å². The molecule has 0 aromatic heterocycles. The zero-order valence-corrected chi connectivity index (χ0v) is 13.4. The van der Waals surface area contributed by atoms with Gasteiger partial charge in [-0.25, -0.2) is 0 Å². The molecule has 23 heavy (non-hydrogen) atoms. The predicted molar refractivity (Wildman–Crippen MR) is 93.6 cm³/mol. The highest BCUT2D eigenvalue weighted by Gasteiger charge is 2.41. The maximum atomic E-state index is 10.0. The summed E-state index contributed by atoms with van der Waals surface area (Å²) < 4.78 is 0. The van der Waals surface area contributed by atoms with E-state index < -0.39 is 5.41 Å². The van der Waals surface area contributed by atoms with Gasteiger partial charge in [0.1, 0.15) is 0 Å². The molecule has 0 amide bonds. The first-order valence-corrected chi connectivity index (χ1v) is 7.88. The molecule has 0 spiro atoms. The standard InChI is InChI=1S/C20H17ClN2/c21-17-11-12-20(14-22,13-18(17)23)19(15-7-3-1-4-8-15)16-9-5-2-6-10-16/h1-12,19H,13,23H2. The minimum Gasteiger partial charge on any atom is -0.401 e. The lowest BCUT2D eigenvalue weighted by Crippen LogP contribution is -2.30. The van der Waals surface area contributed by atoms with E-state index in [0.29, 0.717) is 17.2 Å². The molecule has 114 valence electrons. The number of nitrogens with two attached hydrogens (primary N) is 1. The van der Waals surface area contributed by atoms with E-state index in [-0.39, 0.29) is 5.92 Å². The molecule has 0 bridgehead atoms. The lowest BCUT2D eigenvalue weighted by Gasteiger charge is -2.35. The summed E-state index contributed by atoms with van der Waals surface area (Å²) in [5, 5.41) is 10.5. The fraction of sp³-hybridized carbons (Fsp3) is 0.150. The monoisotopic (exact) mass is 320 g/mol. The molecule has 3 heteroatoms. The normalized spacial score (nSPS) is 20.6. The predicted octanol–water partition coefficient (Wildman–Crippen LogP) is 4.70. The zero-order valence-electron chi connectivity index (χ0n) is 12.6. The van der Waals surface area contributed by atoms with Crippen molar-refractivity contribution >= 4 is 11.6 Å². The van der Waals surface area contributed by atoms with E-state index in [1.165, 1.54) is 0 Å². The molecule has 0 saturated carbocycles. The van der Waals surface area contributed by atoms with Gasteiger partial charge in [0.25, 0.3) is 0 Å². The minimum absolute atomic E-state index is 0.102. The second kappa shape index (κ2) is 6.32. The summed E-state index contributed by atoms with van der Waals surface area (Å²) in [4.78, 5) is 0. The van der Waals surface area contributed by atoms with Crippen LogP contribution in [-0.4, -0.2) is 0 Å². The third-order valence-electron chi connectivity index (χ3n) is 4.31. The van der Waals surface area contributed by atoms with Crippen molar-refractivity contribution in [2.75, 3.05) is 0 Å². The Labute approximate surface area is 141 Å². The SMILES string of the molecule is N#CC1(C(c2ccccc2)c2ccccc2)C=CC(Cl)=C(N)C1. The van der Waals surface area contributed by atoms with Crippen LogP contribution in [0.2, 0.25) is 0 Å². The first-order chi connectivity index (χ1) is 11.2. The molecule has 0 aliphatic heterocycles. The van der Waals surface area contributed by atoms with Gasteiger partial charge in [0, 0.05) is 18.0 Å². The largest absolute Gasteiger partial charge is 0.401 e. The van der Waals surface area contributed by atoms with Crippen molar-refractivity contribution in [3.63, 3.8) is 0 Å². The Morgan fingerprint density at radius 3 is 1.96 bits per heavy atom. The molecule has 0 radical (unpaired) electrons. The van der Waals surface area contributed by atoms with E-state index >= 15 is 0 Å². The van der Waals surface area contributed by atoms with E-state index in [9.17, 15) is 5.26 Å². The molecular weight excluding hydrogens is 304 g/mol. The van der Waals surface area contributed by atoms with Crippen molar-refractivity contribution in [2.45, 2.75) is 12.3 Å². The third kappa shape index (κ3) is 2.88. The van der Waals surface area contributed by atoms with Gasteiger partial charge in [-0.3, -0.25) is 0 Å². The van der Waals surface area contributed by atoms with Gasteiger partial charge in [-0.05, 0) is 17.2 Å². The topological polar surface area (TPSA) is 49.8 Å². The van der Waals surface area contributed by atoms with Crippen LogP contribution in [0.15, 0.2) is 83.5 Å². The van der Waals surface area contributed by atoms with Gasteiger partial charge in [0.15, 0.2) is 0 Å². The maximum Gasteiger partial charge on any atom is 0.0920 e. The third-order valence-corrected chi connectivity index (χ3v) is 4.67. The van der Waals surface area contributed by atoms with Crippen LogP contribution < -0.4 is 5.73 Å². The molecule has 3 rings (SSSR count). The van der Waals surface area contributed by atoms with E-state index in [0.717, 1.165) is 11.1 Å². The highest BCUT2D eigenvalue weighted by molar-refractivity contribution is 6.31. The first kappa shape index (κ1) is 15.4. The molecule has 1 atom stereocenters. The van der Waals surface area contributed by atoms with Crippen LogP contribution in [0.4, 0.5) is 0 Å². The zero-order chi connectivity index (χ0) is 16.3. The molecule has 2 aromatic rings. The Hall–Kier alpha value is -2.50. The second-order valence-electron chi connectivity index (χ2n) is 5.79. The van der Waals surface area contributed by atoms with Crippen molar-refractivity contribution in [3.05, 3.63) is 94.7 Å². The summed E-state index contributed by atoms with van der Waals surface area (Å²) in [5.41, 5.74) is 8.07. The Bertz CT molecular complexity index is 748. The summed E-state index contributed by atoms with van der Waals surface area (Å²) in [6.45, 7) is 0. The minimum atomic E-state index is -0.745. The molecule has 0 fully saturated rings. The van der Waals surface area contributed by atoms with Gasteiger partial charge >= 0.3 is 0 Å². The van der Waals surface area contributed by atoms with Crippen molar-refractivity contribution in [2.24, 2.45) is 11.1 Å². The van der Waals surface area contributed by atoms with Crippen molar-refractivity contribution < 1.29 is 0 Å². The number of allylic oxidation sites excluding steroid dienone is 4. The van der Waals surface area contributed by atoms with E-state index in [4.69, 9.17) is 17.3 Å². The average Bonchev–Trinajstić information content (AvgIpc) is 2.60. The number of halogens is 1. The molecule has 2 N–H and O–H groups in total.